The van der Waals surface area contributed by atoms with Gasteiger partial charge in [-0.1, -0.05) is 37.3 Å². The molecule has 6 heteroatoms. The maximum atomic E-state index is 12.2. The summed E-state index contributed by atoms with van der Waals surface area (Å²) in [7, 11) is 0. The van der Waals surface area contributed by atoms with Crippen LogP contribution in [-0.4, -0.2) is 28.6 Å². The molecule has 0 aliphatic heterocycles. The molecular weight excluding hydrogens is 284 g/mol. The largest absolute Gasteiger partial charge is 0.480 e. The lowest BCUT2D eigenvalue weighted by Crippen LogP contribution is -2.48. The van der Waals surface area contributed by atoms with E-state index in [-0.39, 0.29) is 13.0 Å². The van der Waals surface area contributed by atoms with Crippen molar-refractivity contribution >= 4 is 11.9 Å². The number of nitrogens with two attached hydrogens (primary N) is 2. The summed E-state index contributed by atoms with van der Waals surface area (Å²) >= 11 is 0. The molecule has 0 fully saturated rings. The fraction of sp³-hybridized carbons (Fsp3) is 0.500. The van der Waals surface area contributed by atoms with E-state index < -0.39 is 23.5 Å². The minimum absolute atomic E-state index is 0.174. The Labute approximate surface area is 130 Å². The molecule has 1 aromatic carbocycles. The summed E-state index contributed by atoms with van der Waals surface area (Å²) < 4.78 is 5.28. The first-order valence-electron chi connectivity index (χ1n) is 7.37. The van der Waals surface area contributed by atoms with Crippen LogP contribution in [0.5, 0.6) is 0 Å². The van der Waals surface area contributed by atoms with Crippen molar-refractivity contribution in [2.45, 2.75) is 50.8 Å². The molecule has 1 unspecified atom stereocenters. The second-order valence-corrected chi connectivity index (χ2v) is 5.41. The number of carbonyl (C=O) groups excluding carboxylic acids is 1. The van der Waals surface area contributed by atoms with Gasteiger partial charge >= 0.3 is 11.9 Å². The zero-order valence-corrected chi connectivity index (χ0v) is 12.8. The molecule has 0 bridgehead atoms. The Hall–Kier alpha value is -1.92. The topological polar surface area (TPSA) is 116 Å². The van der Waals surface area contributed by atoms with Crippen molar-refractivity contribution in [1.82, 2.24) is 0 Å². The van der Waals surface area contributed by atoms with Crippen LogP contribution in [0, 0.1) is 0 Å². The van der Waals surface area contributed by atoms with E-state index in [2.05, 4.69) is 0 Å². The number of carboxylic acid groups (broad SMARTS) is 1. The number of benzene rings is 1. The Morgan fingerprint density at radius 3 is 2.50 bits per heavy atom. The molecule has 5 N–H and O–H groups in total. The summed E-state index contributed by atoms with van der Waals surface area (Å²) in [5.74, 6) is -1.52. The van der Waals surface area contributed by atoms with E-state index in [1.165, 1.54) is 0 Å². The van der Waals surface area contributed by atoms with E-state index in [0.717, 1.165) is 5.56 Å². The van der Waals surface area contributed by atoms with Gasteiger partial charge < -0.3 is 21.3 Å². The zero-order chi connectivity index (χ0) is 16.6. The van der Waals surface area contributed by atoms with Crippen LogP contribution >= 0.6 is 0 Å². The Morgan fingerprint density at radius 1 is 1.32 bits per heavy atom. The summed E-state index contributed by atoms with van der Waals surface area (Å²) in [5.41, 5.74) is 11.3. The number of esters is 1. The van der Waals surface area contributed by atoms with Crippen molar-refractivity contribution in [3.05, 3.63) is 35.9 Å². The fourth-order valence-electron chi connectivity index (χ4n) is 2.05. The Balaban J connectivity index is 2.49. The SMILES string of the molecule is CCC(N)(CCC[C@H](N)C(=O)O)C(=O)OCc1ccccc1. The highest BCUT2D eigenvalue weighted by atomic mass is 16.5. The van der Waals surface area contributed by atoms with Crippen molar-refractivity contribution < 1.29 is 19.4 Å². The Kier molecular flexibility index (Phi) is 7.01. The standard InChI is InChI=1S/C16H24N2O4/c1-2-16(18,10-6-9-13(17)14(19)20)15(21)22-11-12-7-4-3-5-8-12/h3-5,7-8,13H,2,6,9-11,17-18H2,1H3,(H,19,20)/t13-,16?/m0/s1. The van der Waals surface area contributed by atoms with Gasteiger partial charge in [-0.2, -0.15) is 0 Å². The molecule has 0 saturated heterocycles. The average molecular weight is 308 g/mol. The second-order valence-electron chi connectivity index (χ2n) is 5.41. The van der Waals surface area contributed by atoms with Crippen LogP contribution in [0.1, 0.15) is 38.2 Å². The maximum Gasteiger partial charge on any atom is 0.326 e. The molecule has 0 radical (unpaired) electrons. The highest BCUT2D eigenvalue weighted by Gasteiger charge is 2.33. The molecule has 122 valence electrons. The van der Waals surface area contributed by atoms with Crippen LogP contribution in [0.3, 0.4) is 0 Å². The first-order valence-corrected chi connectivity index (χ1v) is 7.37. The summed E-state index contributed by atoms with van der Waals surface area (Å²) in [6.45, 7) is 1.98. The average Bonchev–Trinajstić information content (AvgIpc) is 2.53. The summed E-state index contributed by atoms with van der Waals surface area (Å²) in [6, 6.07) is 8.42. The lowest BCUT2D eigenvalue weighted by Gasteiger charge is -2.26. The third kappa shape index (κ3) is 5.46. The molecule has 0 saturated carbocycles. The van der Waals surface area contributed by atoms with Crippen LogP contribution in [0.2, 0.25) is 0 Å². The monoisotopic (exact) mass is 308 g/mol. The quantitative estimate of drug-likeness (QED) is 0.594. The first-order chi connectivity index (χ1) is 10.4. The predicted molar refractivity (Wildman–Crippen MR) is 82.9 cm³/mol. The number of rotatable bonds is 9. The van der Waals surface area contributed by atoms with E-state index in [1.807, 2.05) is 30.3 Å². The second kappa shape index (κ2) is 8.51. The molecule has 22 heavy (non-hydrogen) atoms. The van der Waals surface area contributed by atoms with Crippen LogP contribution in [0.25, 0.3) is 0 Å². The van der Waals surface area contributed by atoms with Crippen molar-refractivity contribution in [1.29, 1.82) is 0 Å². The lowest BCUT2D eigenvalue weighted by atomic mass is 9.90. The highest BCUT2D eigenvalue weighted by Crippen LogP contribution is 2.19. The van der Waals surface area contributed by atoms with Gasteiger partial charge in [0.15, 0.2) is 0 Å². The normalized spacial score (nSPS) is 14.9. The van der Waals surface area contributed by atoms with E-state index in [9.17, 15) is 9.59 Å². The molecule has 1 rings (SSSR count). The number of hydrogen-bond acceptors (Lipinski definition) is 5. The van der Waals surface area contributed by atoms with Crippen molar-refractivity contribution in [2.24, 2.45) is 11.5 Å². The van der Waals surface area contributed by atoms with Gasteiger partial charge in [0.2, 0.25) is 0 Å². The van der Waals surface area contributed by atoms with Crippen LogP contribution in [-0.2, 0) is 20.9 Å². The zero-order valence-electron chi connectivity index (χ0n) is 12.8. The number of ether oxygens (including phenoxy) is 1. The van der Waals surface area contributed by atoms with Gasteiger partial charge in [-0.05, 0) is 31.2 Å². The summed E-state index contributed by atoms with van der Waals surface area (Å²) in [4.78, 5) is 22.9. The predicted octanol–water partition coefficient (Wildman–Crippen LogP) is 1.42. The molecule has 0 amide bonds. The van der Waals surface area contributed by atoms with E-state index in [1.54, 1.807) is 6.92 Å². The number of carboxylic acids is 1. The van der Waals surface area contributed by atoms with Gasteiger partial charge in [0.1, 0.15) is 18.2 Å². The van der Waals surface area contributed by atoms with E-state index >= 15 is 0 Å². The van der Waals surface area contributed by atoms with E-state index in [4.69, 9.17) is 21.3 Å². The molecule has 6 nitrogen and oxygen atoms in total. The molecule has 1 aromatic rings. The number of carbonyl (C=O) groups is 2. The number of hydrogen-bond donors (Lipinski definition) is 3. The third-order valence-corrected chi connectivity index (χ3v) is 3.71. The molecule has 0 heterocycles. The Morgan fingerprint density at radius 2 is 1.95 bits per heavy atom. The Bertz CT molecular complexity index is 492. The van der Waals surface area contributed by atoms with Gasteiger partial charge in [-0.25, -0.2) is 0 Å². The van der Waals surface area contributed by atoms with Gasteiger partial charge in [0.25, 0.3) is 0 Å². The minimum Gasteiger partial charge on any atom is -0.480 e. The molecule has 0 aliphatic rings. The van der Waals surface area contributed by atoms with Gasteiger partial charge in [0.05, 0.1) is 0 Å². The van der Waals surface area contributed by atoms with Crippen LogP contribution in [0.15, 0.2) is 30.3 Å². The molecule has 0 aliphatic carbocycles. The fourth-order valence-corrected chi connectivity index (χ4v) is 2.05. The van der Waals surface area contributed by atoms with Crippen LogP contribution in [0.4, 0.5) is 0 Å². The highest BCUT2D eigenvalue weighted by molar-refractivity contribution is 5.80. The molecule has 0 spiro atoms. The van der Waals surface area contributed by atoms with Crippen LogP contribution < -0.4 is 11.5 Å². The summed E-state index contributed by atoms with van der Waals surface area (Å²) in [6.07, 6.45) is 1.50. The maximum absolute atomic E-state index is 12.2. The molecule has 2 atom stereocenters. The third-order valence-electron chi connectivity index (χ3n) is 3.71. The van der Waals surface area contributed by atoms with Crippen molar-refractivity contribution in [3.63, 3.8) is 0 Å². The van der Waals surface area contributed by atoms with Gasteiger partial charge in [-0.3, -0.25) is 9.59 Å². The van der Waals surface area contributed by atoms with Crippen molar-refractivity contribution in [3.8, 4) is 0 Å². The minimum atomic E-state index is -1.10. The van der Waals surface area contributed by atoms with Crippen molar-refractivity contribution in [2.75, 3.05) is 0 Å². The van der Waals surface area contributed by atoms with Gasteiger partial charge in [-0.15, -0.1) is 0 Å². The first kappa shape index (κ1) is 18.1. The lowest BCUT2D eigenvalue weighted by molar-refractivity contribution is -0.152. The summed E-state index contributed by atoms with van der Waals surface area (Å²) in [5, 5.41) is 8.74. The van der Waals surface area contributed by atoms with Gasteiger partial charge in [0, 0.05) is 0 Å². The molecular formula is C16H24N2O4. The smallest absolute Gasteiger partial charge is 0.326 e. The number of aliphatic carboxylic acids is 1. The molecule has 0 aromatic heterocycles. The van der Waals surface area contributed by atoms with E-state index in [0.29, 0.717) is 19.3 Å².